The molecule has 7 N–H and O–H groups in total. The molecule has 0 aliphatic carbocycles. The summed E-state index contributed by atoms with van der Waals surface area (Å²) < 4.78 is 0.855. The van der Waals surface area contributed by atoms with E-state index in [2.05, 4.69) is 47.5 Å². The number of rotatable bonds is 13. The Kier molecular flexibility index (Phi) is 14.5. The number of hydrogen-bond acceptors (Lipinski definition) is 7. The zero-order chi connectivity index (χ0) is 37.9. The van der Waals surface area contributed by atoms with Crippen molar-refractivity contribution < 1.29 is 24.3 Å². The molecule has 2 fully saturated rings. The van der Waals surface area contributed by atoms with Gasteiger partial charge in [-0.1, -0.05) is 18.2 Å². The van der Waals surface area contributed by atoms with Gasteiger partial charge in [0.25, 0.3) is 0 Å². The van der Waals surface area contributed by atoms with E-state index in [1.165, 1.54) is 5.56 Å². The number of amides is 6. The topological polar surface area (TPSA) is 187 Å². The third kappa shape index (κ3) is 10.7. The quantitative estimate of drug-likeness (QED) is 0.150. The molecule has 1 aromatic heterocycles. The van der Waals surface area contributed by atoms with Gasteiger partial charge in [-0.25, -0.2) is 9.59 Å². The van der Waals surface area contributed by atoms with Gasteiger partial charge in [-0.2, -0.15) is 0 Å². The van der Waals surface area contributed by atoms with E-state index in [1.807, 2.05) is 47.4 Å². The van der Waals surface area contributed by atoms with Crippen LogP contribution in [0.3, 0.4) is 0 Å². The number of nitrogens with zero attached hydrogens (tertiary/aromatic N) is 4. The number of piperidine rings is 2. The van der Waals surface area contributed by atoms with Crippen molar-refractivity contribution in [2.45, 2.75) is 75.4 Å². The molecule has 2 aromatic carbocycles. The number of pyridine rings is 1. The fraction of sp³-hybridized carbons (Fsp3) is 0.447. The predicted molar refractivity (Wildman–Crippen MR) is 210 cm³/mol. The molecule has 53 heavy (non-hydrogen) atoms. The Morgan fingerprint density at radius 2 is 1.49 bits per heavy atom. The lowest BCUT2D eigenvalue weighted by molar-refractivity contribution is -0.138. The molecule has 0 bridgehead atoms. The van der Waals surface area contributed by atoms with E-state index in [0.29, 0.717) is 90.9 Å². The van der Waals surface area contributed by atoms with Crippen LogP contribution in [-0.4, -0.2) is 94.6 Å². The fourth-order valence-corrected chi connectivity index (χ4v) is 8.45. The van der Waals surface area contributed by atoms with E-state index in [1.54, 1.807) is 34.3 Å². The summed E-state index contributed by atoms with van der Waals surface area (Å²) in [7, 11) is 0. The normalized spacial score (nSPS) is 16.4. The molecule has 13 nitrogen and oxygen atoms in total. The number of unbranched alkanes of at least 4 members (excludes halogenated alkanes) is 1. The minimum atomic E-state index is -1.04. The minimum absolute atomic E-state index is 0.0143. The Hall–Kier alpha value is -4.21. The molecule has 2 atom stereocenters. The van der Waals surface area contributed by atoms with E-state index in [-0.39, 0.29) is 24.1 Å². The molecule has 5 rings (SSSR count). The lowest BCUT2D eigenvalue weighted by atomic mass is 9.89. The molecule has 2 aliphatic heterocycles. The number of hydrogen-bond donors (Lipinski definition) is 5. The first-order chi connectivity index (χ1) is 25.5. The van der Waals surface area contributed by atoms with Gasteiger partial charge in [0.1, 0.15) is 17.8 Å². The molecule has 284 valence electrons. The Morgan fingerprint density at radius 3 is 2.09 bits per heavy atom. The zero-order valence-corrected chi connectivity index (χ0v) is 32.8. The maximum atomic E-state index is 14.2. The smallest absolute Gasteiger partial charge is 0.319 e. The van der Waals surface area contributed by atoms with Crippen molar-refractivity contribution in [3.05, 3.63) is 87.1 Å². The number of para-hydroxylation sites is 1. The van der Waals surface area contributed by atoms with Crippen LogP contribution in [-0.2, 0) is 16.0 Å². The van der Waals surface area contributed by atoms with E-state index < -0.39 is 30.1 Å². The van der Waals surface area contributed by atoms with Crippen molar-refractivity contribution >= 4 is 61.4 Å². The van der Waals surface area contributed by atoms with E-state index in [0.717, 1.165) is 12.8 Å². The Balaban J connectivity index is 1.29. The number of carbonyl (C=O) groups excluding carboxylic acids is 4. The highest BCUT2D eigenvalue weighted by atomic mass is 79.9. The maximum Gasteiger partial charge on any atom is 0.319 e. The number of phenols is 1. The molecule has 2 saturated heterocycles. The van der Waals surface area contributed by atoms with Gasteiger partial charge < -0.3 is 37.0 Å². The number of phenolic OH excluding ortho intramolecular Hbond substituents is 1. The van der Waals surface area contributed by atoms with Crippen LogP contribution in [0.2, 0.25) is 0 Å². The third-order valence-electron chi connectivity index (χ3n) is 10.1. The van der Waals surface area contributed by atoms with Crippen LogP contribution < -0.4 is 27.0 Å². The summed E-state index contributed by atoms with van der Waals surface area (Å²) in [6, 6.07) is 13.6. The first kappa shape index (κ1) is 40.0. The SMILES string of the molecule is NCCCC[C@H](NC(=O)[C@@H](Cc1cc(Br)c(O)c(Br)c1)NC(=O)N1CCC(N(C(N)=O)c2ccccc2)CC1)C(=O)N1CCC(c2ccncc2)CC1. The number of carbonyl (C=O) groups is 4. The van der Waals surface area contributed by atoms with E-state index in [9.17, 15) is 24.3 Å². The van der Waals surface area contributed by atoms with Crippen molar-refractivity contribution in [1.29, 1.82) is 0 Å². The minimum Gasteiger partial charge on any atom is -0.506 e. The van der Waals surface area contributed by atoms with Gasteiger partial charge in [-0.05, 0) is 137 Å². The zero-order valence-electron chi connectivity index (χ0n) is 29.6. The summed E-state index contributed by atoms with van der Waals surface area (Å²) >= 11 is 6.73. The highest BCUT2D eigenvalue weighted by molar-refractivity contribution is 9.11. The first-order valence-corrected chi connectivity index (χ1v) is 19.7. The van der Waals surface area contributed by atoms with Gasteiger partial charge >= 0.3 is 12.1 Å². The molecular weight excluding hydrogens is 808 g/mol. The second-order valence-corrected chi connectivity index (χ2v) is 15.3. The summed E-state index contributed by atoms with van der Waals surface area (Å²) in [6.07, 6.45) is 8.03. The second kappa shape index (κ2) is 19.2. The van der Waals surface area contributed by atoms with Gasteiger partial charge in [0, 0.05) is 56.7 Å². The van der Waals surface area contributed by atoms with Gasteiger partial charge in [0.2, 0.25) is 11.8 Å². The lowest BCUT2D eigenvalue weighted by Gasteiger charge is -2.38. The van der Waals surface area contributed by atoms with Crippen molar-refractivity contribution in [2.75, 3.05) is 37.6 Å². The number of urea groups is 2. The maximum absolute atomic E-state index is 14.2. The number of likely N-dealkylation sites (tertiary alicyclic amines) is 2. The number of nitrogens with one attached hydrogen (secondary N) is 2. The molecule has 0 radical (unpaired) electrons. The molecule has 0 saturated carbocycles. The van der Waals surface area contributed by atoms with Crippen molar-refractivity contribution in [2.24, 2.45) is 11.5 Å². The van der Waals surface area contributed by atoms with Crippen LogP contribution in [0.15, 0.2) is 75.9 Å². The second-order valence-electron chi connectivity index (χ2n) is 13.6. The monoisotopic (exact) mass is 854 g/mol. The summed E-state index contributed by atoms with van der Waals surface area (Å²) in [5.74, 6) is -0.294. The van der Waals surface area contributed by atoms with Crippen LogP contribution in [0.1, 0.15) is 62.0 Å². The largest absolute Gasteiger partial charge is 0.506 e. The lowest BCUT2D eigenvalue weighted by Crippen LogP contribution is -2.58. The molecule has 2 aliphatic rings. The van der Waals surface area contributed by atoms with E-state index in [4.69, 9.17) is 11.5 Å². The fourth-order valence-electron chi connectivity index (χ4n) is 7.17. The van der Waals surface area contributed by atoms with Crippen molar-refractivity contribution in [3.63, 3.8) is 0 Å². The molecule has 3 heterocycles. The number of aromatic nitrogens is 1. The molecule has 3 aromatic rings. The highest BCUT2D eigenvalue weighted by Crippen LogP contribution is 2.34. The Labute approximate surface area is 327 Å². The average molecular weight is 857 g/mol. The van der Waals surface area contributed by atoms with Crippen LogP contribution >= 0.6 is 31.9 Å². The molecule has 0 unspecified atom stereocenters. The number of primary amides is 1. The van der Waals surface area contributed by atoms with E-state index >= 15 is 0 Å². The van der Waals surface area contributed by atoms with Gasteiger partial charge in [-0.15, -0.1) is 0 Å². The number of aromatic hydroxyl groups is 1. The highest BCUT2D eigenvalue weighted by Gasteiger charge is 2.34. The van der Waals surface area contributed by atoms with Crippen molar-refractivity contribution in [1.82, 2.24) is 25.4 Å². The van der Waals surface area contributed by atoms with Gasteiger partial charge in [-0.3, -0.25) is 19.5 Å². The average Bonchev–Trinajstić information content (AvgIpc) is 3.17. The predicted octanol–water partition coefficient (Wildman–Crippen LogP) is 5.00. The summed E-state index contributed by atoms with van der Waals surface area (Å²) in [5, 5.41) is 16.2. The van der Waals surface area contributed by atoms with Crippen LogP contribution in [0.4, 0.5) is 15.3 Å². The van der Waals surface area contributed by atoms with Crippen molar-refractivity contribution in [3.8, 4) is 5.75 Å². The number of halogens is 2. The summed E-state index contributed by atoms with van der Waals surface area (Å²) in [5.41, 5.74) is 14.1. The molecular formula is C38H48Br2N8O5. The van der Waals surface area contributed by atoms with Crippen LogP contribution in [0, 0.1) is 0 Å². The van der Waals surface area contributed by atoms with Crippen LogP contribution in [0.5, 0.6) is 5.75 Å². The number of anilines is 1. The third-order valence-corrected chi connectivity index (χ3v) is 11.3. The standard InChI is InChI=1S/C38H48Br2N8O5/c39-30-22-25(23-31(40)34(30)49)24-33(45-38(53)47-20-13-29(14-21-47)48(37(42)52)28-6-2-1-3-7-28)35(50)44-32(8-4-5-15-41)36(51)46-18-11-27(12-19-46)26-9-16-43-17-10-26/h1-3,6-7,9-10,16-17,22-23,27,29,32-33,49H,4-5,8,11-15,18-21,24,41H2,(H2,42,52)(H,44,50)(H,45,53)/t32-,33+/m0/s1. The molecule has 0 spiro atoms. The number of benzene rings is 2. The molecule has 6 amide bonds. The summed E-state index contributed by atoms with van der Waals surface area (Å²) in [4.78, 5) is 63.5. The van der Waals surface area contributed by atoms with Gasteiger partial charge in [0.05, 0.1) is 8.95 Å². The number of nitrogens with two attached hydrogens (primary N) is 2. The molecule has 15 heteroatoms. The Morgan fingerprint density at radius 1 is 0.868 bits per heavy atom. The van der Waals surface area contributed by atoms with Gasteiger partial charge in [0.15, 0.2) is 0 Å². The Bertz CT molecular complexity index is 1680. The van der Waals surface area contributed by atoms with Crippen LogP contribution in [0.25, 0.3) is 0 Å². The first-order valence-electron chi connectivity index (χ1n) is 18.1. The summed E-state index contributed by atoms with van der Waals surface area (Å²) in [6.45, 7) is 2.28.